The minimum atomic E-state index is -0.752. The standard InChI is InChI=1S/C16H15NO8/c18-10-23-7-8-24-13(19)5-6-14(20)25-9-17-15(21)11-3-1-2-4-12(11)16(17)22/h1-4,10H,5-9H2. The molecule has 0 N–H and O–H groups in total. The highest BCUT2D eigenvalue weighted by Gasteiger charge is 2.35. The van der Waals surface area contributed by atoms with Gasteiger partial charge in [-0.15, -0.1) is 0 Å². The number of amides is 2. The van der Waals surface area contributed by atoms with E-state index in [2.05, 4.69) is 4.74 Å². The van der Waals surface area contributed by atoms with Crippen LogP contribution in [0.15, 0.2) is 24.3 Å². The SMILES string of the molecule is O=COCCOC(=O)CCC(=O)OCN1C(=O)c2ccccc2C1=O. The Morgan fingerprint density at radius 2 is 1.48 bits per heavy atom. The first-order valence-electron chi connectivity index (χ1n) is 7.36. The van der Waals surface area contributed by atoms with Crippen LogP contribution in [0.5, 0.6) is 0 Å². The van der Waals surface area contributed by atoms with E-state index in [-0.39, 0.29) is 43.7 Å². The van der Waals surface area contributed by atoms with Crippen molar-refractivity contribution in [2.24, 2.45) is 0 Å². The molecule has 0 saturated heterocycles. The third-order valence-electron chi connectivity index (χ3n) is 3.30. The zero-order valence-electron chi connectivity index (χ0n) is 13.1. The van der Waals surface area contributed by atoms with E-state index in [9.17, 15) is 24.0 Å². The van der Waals surface area contributed by atoms with Crippen LogP contribution >= 0.6 is 0 Å². The van der Waals surface area contributed by atoms with Gasteiger partial charge in [-0.3, -0.25) is 24.0 Å². The first-order valence-corrected chi connectivity index (χ1v) is 7.36. The van der Waals surface area contributed by atoms with Crippen molar-refractivity contribution in [3.8, 4) is 0 Å². The van der Waals surface area contributed by atoms with Crippen LogP contribution in [0.3, 0.4) is 0 Å². The first-order chi connectivity index (χ1) is 12.0. The summed E-state index contributed by atoms with van der Waals surface area (Å²) in [5.41, 5.74) is 0.509. The van der Waals surface area contributed by atoms with Crippen molar-refractivity contribution in [3.63, 3.8) is 0 Å². The molecule has 2 rings (SSSR count). The number of carbonyl (C=O) groups excluding carboxylic acids is 5. The van der Waals surface area contributed by atoms with Crippen molar-refractivity contribution in [2.75, 3.05) is 19.9 Å². The molecule has 9 heteroatoms. The largest absolute Gasteiger partial charge is 0.464 e. The molecule has 9 nitrogen and oxygen atoms in total. The average molecular weight is 349 g/mol. The summed E-state index contributed by atoms with van der Waals surface area (Å²) in [7, 11) is 0. The molecular weight excluding hydrogens is 334 g/mol. The Morgan fingerprint density at radius 1 is 0.920 bits per heavy atom. The van der Waals surface area contributed by atoms with E-state index in [1.54, 1.807) is 12.1 Å². The van der Waals surface area contributed by atoms with Gasteiger partial charge in [0, 0.05) is 0 Å². The highest BCUT2D eigenvalue weighted by molar-refractivity contribution is 6.21. The van der Waals surface area contributed by atoms with Crippen LogP contribution < -0.4 is 0 Å². The molecule has 2 amide bonds. The second-order valence-corrected chi connectivity index (χ2v) is 4.92. The van der Waals surface area contributed by atoms with Gasteiger partial charge in [0.2, 0.25) is 0 Å². The fourth-order valence-electron chi connectivity index (χ4n) is 2.09. The van der Waals surface area contributed by atoms with Gasteiger partial charge in [0.05, 0.1) is 24.0 Å². The van der Waals surface area contributed by atoms with E-state index >= 15 is 0 Å². The number of esters is 2. The number of hydrogen-bond acceptors (Lipinski definition) is 8. The van der Waals surface area contributed by atoms with Crippen LogP contribution in [0, 0.1) is 0 Å². The molecule has 1 heterocycles. The number of ether oxygens (including phenoxy) is 3. The van der Waals surface area contributed by atoms with E-state index in [0.717, 1.165) is 4.90 Å². The Bertz CT molecular complexity index is 664. The Kier molecular flexibility index (Phi) is 6.21. The van der Waals surface area contributed by atoms with Crippen LogP contribution in [0.25, 0.3) is 0 Å². The first kappa shape index (κ1) is 18.1. The number of fused-ring (bicyclic) bond motifs is 1. The van der Waals surface area contributed by atoms with Crippen molar-refractivity contribution in [2.45, 2.75) is 12.8 Å². The molecule has 0 aromatic heterocycles. The van der Waals surface area contributed by atoms with Gasteiger partial charge < -0.3 is 14.2 Å². The molecule has 0 radical (unpaired) electrons. The molecule has 132 valence electrons. The summed E-state index contributed by atoms with van der Waals surface area (Å²) < 4.78 is 13.9. The van der Waals surface area contributed by atoms with Crippen molar-refractivity contribution in [1.82, 2.24) is 4.90 Å². The van der Waals surface area contributed by atoms with Gasteiger partial charge in [0.15, 0.2) is 6.73 Å². The number of imide groups is 1. The molecule has 0 saturated carbocycles. The Labute approximate surface area is 142 Å². The molecule has 1 aliphatic rings. The van der Waals surface area contributed by atoms with E-state index in [1.165, 1.54) is 12.1 Å². The van der Waals surface area contributed by atoms with Crippen molar-refractivity contribution in [3.05, 3.63) is 35.4 Å². The van der Waals surface area contributed by atoms with Gasteiger partial charge in [-0.2, -0.15) is 0 Å². The van der Waals surface area contributed by atoms with Crippen molar-refractivity contribution < 1.29 is 38.2 Å². The molecule has 25 heavy (non-hydrogen) atoms. The maximum Gasteiger partial charge on any atom is 0.308 e. The molecule has 0 spiro atoms. The third kappa shape index (κ3) is 4.63. The number of hydrogen-bond donors (Lipinski definition) is 0. The fraction of sp³-hybridized carbons (Fsp3) is 0.312. The van der Waals surface area contributed by atoms with Gasteiger partial charge in [-0.1, -0.05) is 12.1 Å². The summed E-state index contributed by atoms with van der Waals surface area (Å²) in [6.07, 6.45) is -0.501. The lowest BCUT2D eigenvalue weighted by molar-refractivity contribution is -0.153. The second kappa shape index (κ2) is 8.57. The maximum absolute atomic E-state index is 12.1. The highest BCUT2D eigenvalue weighted by atomic mass is 16.6. The summed E-state index contributed by atoms with van der Waals surface area (Å²) in [6, 6.07) is 6.29. The predicted octanol–water partition coefficient (Wildman–Crippen LogP) is 0.280. The fourth-order valence-corrected chi connectivity index (χ4v) is 2.09. The van der Waals surface area contributed by atoms with Crippen LogP contribution in [0.1, 0.15) is 33.6 Å². The predicted molar refractivity (Wildman–Crippen MR) is 80.1 cm³/mol. The summed E-state index contributed by atoms with van der Waals surface area (Å²) in [4.78, 5) is 57.8. The zero-order valence-corrected chi connectivity index (χ0v) is 13.1. The third-order valence-corrected chi connectivity index (χ3v) is 3.30. The van der Waals surface area contributed by atoms with E-state index in [4.69, 9.17) is 9.47 Å². The molecule has 0 bridgehead atoms. The van der Waals surface area contributed by atoms with Crippen LogP contribution in [0.4, 0.5) is 0 Å². The quantitative estimate of drug-likeness (QED) is 0.205. The van der Waals surface area contributed by atoms with Gasteiger partial charge in [-0.05, 0) is 12.1 Å². The van der Waals surface area contributed by atoms with Crippen molar-refractivity contribution >= 4 is 30.2 Å². The van der Waals surface area contributed by atoms with Gasteiger partial charge in [-0.25, -0.2) is 4.90 Å². The summed E-state index contributed by atoms with van der Waals surface area (Å²) in [6.45, 7) is -0.473. The van der Waals surface area contributed by atoms with Crippen LogP contribution in [-0.2, 0) is 28.6 Å². The summed E-state index contributed by atoms with van der Waals surface area (Å²) in [5.74, 6) is -2.49. The van der Waals surface area contributed by atoms with E-state index in [1.807, 2.05) is 0 Å². The normalized spacial score (nSPS) is 12.6. The molecule has 0 unspecified atom stereocenters. The Morgan fingerprint density at radius 3 is 2.04 bits per heavy atom. The monoisotopic (exact) mass is 349 g/mol. The molecular formula is C16H15NO8. The maximum atomic E-state index is 12.1. The minimum absolute atomic E-state index is 0.0700. The van der Waals surface area contributed by atoms with Crippen LogP contribution in [0.2, 0.25) is 0 Å². The van der Waals surface area contributed by atoms with Gasteiger partial charge >= 0.3 is 11.9 Å². The van der Waals surface area contributed by atoms with Crippen molar-refractivity contribution in [1.29, 1.82) is 0 Å². The second-order valence-electron chi connectivity index (χ2n) is 4.92. The van der Waals surface area contributed by atoms with E-state index in [0.29, 0.717) is 0 Å². The highest BCUT2D eigenvalue weighted by Crippen LogP contribution is 2.22. The molecule has 0 atom stereocenters. The topological polar surface area (TPSA) is 116 Å². The van der Waals surface area contributed by atoms with Crippen LogP contribution in [-0.4, -0.2) is 55.1 Å². The smallest absolute Gasteiger partial charge is 0.308 e. The van der Waals surface area contributed by atoms with Gasteiger partial charge in [0.1, 0.15) is 13.2 Å². The lowest BCUT2D eigenvalue weighted by atomic mass is 10.1. The number of rotatable bonds is 9. The Hall–Kier alpha value is -3.23. The lowest BCUT2D eigenvalue weighted by Gasteiger charge is -2.13. The molecule has 1 aliphatic heterocycles. The Balaban J connectivity index is 1.72. The lowest BCUT2D eigenvalue weighted by Crippen LogP contribution is -2.33. The zero-order chi connectivity index (χ0) is 18.2. The number of nitrogens with zero attached hydrogens (tertiary/aromatic N) is 1. The molecule has 0 aliphatic carbocycles. The van der Waals surface area contributed by atoms with Gasteiger partial charge in [0.25, 0.3) is 18.3 Å². The minimum Gasteiger partial charge on any atom is -0.464 e. The molecule has 0 fully saturated rings. The summed E-state index contributed by atoms with van der Waals surface area (Å²) >= 11 is 0. The number of benzene rings is 1. The summed E-state index contributed by atoms with van der Waals surface area (Å²) in [5, 5.41) is 0. The number of carbonyl (C=O) groups is 5. The van der Waals surface area contributed by atoms with E-state index < -0.39 is 30.5 Å². The molecule has 1 aromatic rings. The average Bonchev–Trinajstić information content (AvgIpc) is 2.86. The molecule has 1 aromatic carbocycles.